The van der Waals surface area contributed by atoms with Crippen LogP contribution in [-0.4, -0.2) is 23.6 Å². The monoisotopic (exact) mass is 320 g/mol. The van der Waals surface area contributed by atoms with Gasteiger partial charge in [-0.15, -0.1) is 0 Å². The maximum atomic E-state index is 11.9. The van der Waals surface area contributed by atoms with Crippen molar-refractivity contribution in [3.8, 4) is 0 Å². The van der Waals surface area contributed by atoms with Crippen LogP contribution in [0.15, 0.2) is 29.2 Å². The van der Waals surface area contributed by atoms with E-state index in [1.54, 1.807) is 11.8 Å². The molecule has 0 N–H and O–H groups in total. The highest BCUT2D eigenvalue weighted by atomic mass is 32.2. The molecule has 2 aliphatic rings. The lowest BCUT2D eigenvalue weighted by molar-refractivity contribution is -0.150. The predicted octanol–water partition coefficient (Wildman–Crippen LogP) is 4.33. The molecule has 3 atom stereocenters. The lowest BCUT2D eigenvalue weighted by Crippen LogP contribution is -2.34. The Balaban J connectivity index is 1.65. The van der Waals surface area contributed by atoms with E-state index in [1.807, 2.05) is 6.92 Å². The summed E-state index contributed by atoms with van der Waals surface area (Å²) in [5.41, 5.74) is 1.16. The Hall–Kier alpha value is -1.00. The van der Waals surface area contributed by atoms with Gasteiger partial charge in [-0.2, -0.15) is 0 Å². The molecule has 1 heterocycles. The second kappa shape index (κ2) is 6.63. The Bertz CT molecular complexity index is 528. The van der Waals surface area contributed by atoms with Crippen molar-refractivity contribution in [1.29, 1.82) is 0 Å². The molecule has 22 heavy (non-hydrogen) atoms. The van der Waals surface area contributed by atoms with Crippen LogP contribution in [0.2, 0.25) is 0 Å². The van der Waals surface area contributed by atoms with E-state index in [1.165, 1.54) is 16.9 Å². The first-order valence-electron chi connectivity index (χ1n) is 8.18. The minimum atomic E-state index is -0.269. The summed E-state index contributed by atoms with van der Waals surface area (Å²) in [6.45, 7) is 4.40. The van der Waals surface area contributed by atoms with Gasteiger partial charge < -0.3 is 9.47 Å². The van der Waals surface area contributed by atoms with Crippen LogP contribution in [0, 0.1) is 12.8 Å². The fourth-order valence-electron chi connectivity index (χ4n) is 3.72. The number of carbonyl (C=O) groups excluding carboxylic acids is 1. The Morgan fingerprint density at radius 1 is 1.41 bits per heavy atom. The summed E-state index contributed by atoms with van der Waals surface area (Å²) in [5.74, 6) is 0.384. The molecule has 0 radical (unpaired) electrons. The Kier molecular flexibility index (Phi) is 4.79. The Morgan fingerprint density at radius 3 is 2.91 bits per heavy atom. The van der Waals surface area contributed by atoms with Gasteiger partial charge in [-0.25, -0.2) is 0 Å². The fraction of sp³-hybridized carbons (Fsp3) is 0.611. The molecule has 1 aliphatic heterocycles. The number of fused-ring (bicyclic) bond motifs is 1. The quantitative estimate of drug-likeness (QED) is 0.757. The van der Waals surface area contributed by atoms with Crippen LogP contribution in [0.25, 0.3) is 0 Å². The number of carbonyl (C=O) groups is 1. The van der Waals surface area contributed by atoms with Crippen molar-refractivity contribution in [3.05, 3.63) is 29.8 Å². The largest absolute Gasteiger partial charge is 0.466 e. The van der Waals surface area contributed by atoms with Crippen molar-refractivity contribution in [2.24, 2.45) is 5.92 Å². The van der Waals surface area contributed by atoms with Crippen LogP contribution >= 0.6 is 11.8 Å². The van der Waals surface area contributed by atoms with E-state index in [9.17, 15) is 4.79 Å². The predicted molar refractivity (Wildman–Crippen MR) is 87.8 cm³/mol. The number of benzene rings is 1. The van der Waals surface area contributed by atoms with Crippen LogP contribution in [0.1, 0.15) is 44.6 Å². The summed E-state index contributed by atoms with van der Waals surface area (Å²) in [5, 5.41) is 0. The van der Waals surface area contributed by atoms with Crippen LogP contribution in [0.3, 0.4) is 0 Å². The van der Waals surface area contributed by atoms with E-state index in [0.29, 0.717) is 18.9 Å². The first-order chi connectivity index (χ1) is 10.6. The molecule has 3 nitrogen and oxygen atoms in total. The number of rotatable bonds is 5. The third kappa shape index (κ3) is 3.33. The molecular weight excluding hydrogens is 296 g/mol. The van der Waals surface area contributed by atoms with E-state index in [4.69, 9.17) is 9.47 Å². The molecule has 0 amide bonds. The molecule has 0 unspecified atom stereocenters. The molecule has 1 aromatic rings. The summed E-state index contributed by atoms with van der Waals surface area (Å²) < 4.78 is 11.5. The average Bonchev–Trinajstić information content (AvgIpc) is 2.97. The van der Waals surface area contributed by atoms with E-state index in [2.05, 4.69) is 31.2 Å². The van der Waals surface area contributed by atoms with E-state index >= 15 is 0 Å². The number of hydrogen-bond donors (Lipinski definition) is 0. The molecule has 0 aromatic heterocycles. The molecule has 120 valence electrons. The van der Waals surface area contributed by atoms with Crippen LogP contribution in [0.4, 0.5) is 0 Å². The van der Waals surface area contributed by atoms with E-state index in [-0.39, 0.29) is 17.0 Å². The van der Waals surface area contributed by atoms with Crippen molar-refractivity contribution in [1.82, 2.24) is 0 Å². The van der Waals surface area contributed by atoms with Gasteiger partial charge in [0.2, 0.25) is 0 Å². The molecule has 1 saturated carbocycles. The maximum Gasteiger partial charge on any atom is 0.308 e. The SMILES string of the molecule is CCOC(=O)C[C@@]12CCC[C@@H]1C[C@@H](Sc1ccc(C)cc1)O2. The fourth-order valence-corrected chi connectivity index (χ4v) is 4.88. The lowest BCUT2D eigenvalue weighted by Gasteiger charge is -2.28. The number of esters is 1. The smallest absolute Gasteiger partial charge is 0.308 e. The van der Waals surface area contributed by atoms with Crippen LogP contribution in [-0.2, 0) is 14.3 Å². The number of ether oxygens (including phenoxy) is 2. The minimum Gasteiger partial charge on any atom is -0.466 e. The van der Waals surface area contributed by atoms with Gasteiger partial charge in [-0.3, -0.25) is 4.79 Å². The van der Waals surface area contributed by atoms with Gasteiger partial charge in [-0.05, 0) is 51.2 Å². The Morgan fingerprint density at radius 2 is 2.18 bits per heavy atom. The summed E-state index contributed by atoms with van der Waals surface area (Å²) in [6, 6.07) is 8.56. The second-order valence-electron chi connectivity index (χ2n) is 6.35. The molecule has 0 bridgehead atoms. The highest BCUT2D eigenvalue weighted by Crippen LogP contribution is 2.53. The van der Waals surface area contributed by atoms with Gasteiger partial charge >= 0.3 is 5.97 Å². The van der Waals surface area contributed by atoms with Gasteiger partial charge in [0, 0.05) is 4.90 Å². The van der Waals surface area contributed by atoms with E-state index < -0.39 is 0 Å². The van der Waals surface area contributed by atoms with Crippen LogP contribution in [0.5, 0.6) is 0 Å². The highest BCUT2D eigenvalue weighted by Gasteiger charge is 2.52. The third-order valence-corrected chi connectivity index (χ3v) is 5.87. The van der Waals surface area contributed by atoms with Crippen molar-refractivity contribution < 1.29 is 14.3 Å². The minimum absolute atomic E-state index is 0.115. The number of aryl methyl sites for hydroxylation is 1. The van der Waals surface area contributed by atoms with Gasteiger partial charge in [0.05, 0.1) is 18.6 Å². The van der Waals surface area contributed by atoms with Gasteiger partial charge in [0.25, 0.3) is 0 Å². The average molecular weight is 320 g/mol. The summed E-state index contributed by atoms with van der Waals surface area (Å²) >= 11 is 1.78. The van der Waals surface area contributed by atoms with Gasteiger partial charge in [-0.1, -0.05) is 35.9 Å². The normalized spacial score (nSPS) is 30.3. The molecule has 1 saturated heterocycles. The third-order valence-electron chi connectivity index (χ3n) is 4.78. The lowest BCUT2D eigenvalue weighted by atomic mass is 9.88. The highest BCUT2D eigenvalue weighted by molar-refractivity contribution is 7.99. The van der Waals surface area contributed by atoms with Crippen molar-refractivity contribution in [2.75, 3.05) is 6.61 Å². The second-order valence-corrected chi connectivity index (χ2v) is 7.58. The molecule has 0 spiro atoms. The zero-order chi connectivity index (χ0) is 15.6. The van der Waals surface area contributed by atoms with Crippen molar-refractivity contribution >= 4 is 17.7 Å². The summed E-state index contributed by atoms with van der Waals surface area (Å²) in [4.78, 5) is 13.2. The summed E-state index contributed by atoms with van der Waals surface area (Å²) in [6.07, 6.45) is 4.77. The van der Waals surface area contributed by atoms with Crippen LogP contribution < -0.4 is 0 Å². The van der Waals surface area contributed by atoms with Gasteiger partial charge in [0.15, 0.2) is 0 Å². The first-order valence-corrected chi connectivity index (χ1v) is 9.06. The standard InChI is InChI=1S/C18H24O3S/c1-3-20-16(19)12-18-10-4-5-14(18)11-17(21-18)22-15-8-6-13(2)7-9-15/h6-9,14,17H,3-5,10-12H2,1-2H3/t14-,17-,18+/m1/s1. The topological polar surface area (TPSA) is 35.5 Å². The maximum absolute atomic E-state index is 11.9. The number of thioether (sulfide) groups is 1. The molecule has 1 aromatic carbocycles. The molecule has 4 heteroatoms. The molecule has 2 fully saturated rings. The zero-order valence-corrected chi connectivity index (χ0v) is 14.2. The molecule has 1 aliphatic carbocycles. The van der Waals surface area contributed by atoms with Crippen molar-refractivity contribution in [2.45, 2.75) is 61.9 Å². The van der Waals surface area contributed by atoms with Crippen molar-refractivity contribution in [3.63, 3.8) is 0 Å². The van der Waals surface area contributed by atoms with E-state index in [0.717, 1.165) is 19.3 Å². The number of hydrogen-bond acceptors (Lipinski definition) is 4. The van der Waals surface area contributed by atoms with Gasteiger partial charge in [0.1, 0.15) is 5.44 Å². The first kappa shape index (κ1) is 15.9. The molecule has 3 rings (SSSR count). The Labute approximate surface area is 136 Å². The zero-order valence-electron chi connectivity index (χ0n) is 13.3. The summed E-state index contributed by atoms with van der Waals surface area (Å²) in [7, 11) is 0. The molecular formula is C18H24O3S.